The van der Waals surface area contributed by atoms with E-state index in [0.717, 1.165) is 18.8 Å². The number of aryl methyl sites for hydroxylation is 2. The predicted octanol–water partition coefficient (Wildman–Crippen LogP) is 3.08. The summed E-state index contributed by atoms with van der Waals surface area (Å²) < 4.78 is 0. The lowest BCUT2D eigenvalue weighted by Gasteiger charge is -2.16. The Balaban J connectivity index is 0.000000487. The number of nitrogens with one attached hydrogen (secondary N) is 1. The van der Waals surface area contributed by atoms with Gasteiger partial charge in [0.05, 0.1) is 11.9 Å². The molecule has 0 aliphatic heterocycles. The van der Waals surface area contributed by atoms with Gasteiger partial charge in [0.2, 0.25) is 0 Å². The zero-order valence-corrected chi connectivity index (χ0v) is 15.7. The van der Waals surface area contributed by atoms with Crippen molar-refractivity contribution in [2.45, 2.75) is 40.2 Å². The highest BCUT2D eigenvalue weighted by atomic mass is 16.4. The minimum atomic E-state index is -1.82. The molecule has 26 heavy (non-hydrogen) atoms. The number of aromatic nitrogens is 2. The number of carboxylic acids is 2. The van der Waals surface area contributed by atoms with Gasteiger partial charge in [0.25, 0.3) is 0 Å². The van der Waals surface area contributed by atoms with Crippen LogP contribution in [-0.2, 0) is 16.1 Å². The number of unbranched alkanes of at least 4 members (excludes halogenated alkanes) is 1. The Hall–Kier alpha value is -2.67. The Morgan fingerprint density at radius 1 is 1.15 bits per heavy atom. The van der Waals surface area contributed by atoms with Crippen LogP contribution in [0, 0.1) is 13.8 Å². The molecule has 0 amide bonds. The first-order valence-corrected chi connectivity index (χ1v) is 8.50. The minimum absolute atomic E-state index is 0.943. The van der Waals surface area contributed by atoms with Crippen molar-refractivity contribution in [2.75, 3.05) is 13.6 Å². The van der Waals surface area contributed by atoms with E-state index in [0.29, 0.717) is 0 Å². The number of aliphatic carboxylic acids is 2. The van der Waals surface area contributed by atoms with Gasteiger partial charge in [-0.05, 0) is 51.1 Å². The largest absolute Gasteiger partial charge is 0.473 e. The van der Waals surface area contributed by atoms with Crippen LogP contribution >= 0.6 is 0 Å². The SMILES string of the molecule is CCCCN(C)Cc1cn[nH]c1-c1ccc(C)c(C)c1.O=C(O)C(=O)O. The second-order valence-corrected chi connectivity index (χ2v) is 6.27. The van der Waals surface area contributed by atoms with Crippen LogP contribution in [-0.4, -0.2) is 50.8 Å². The fourth-order valence-electron chi connectivity index (χ4n) is 2.38. The van der Waals surface area contributed by atoms with E-state index in [1.807, 2.05) is 6.20 Å². The molecule has 7 heteroatoms. The van der Waals surface area contributed by atoms with Gasteiger partial charge < -0.3 is 15.1 Å². The van der Waals surface area contributed by atoms with Gasteiger partial charge in [-0.1, -0.05) is 25.5 Å². The second-order valence-electron chi connectivity index (χ2n) is 6.27. The first kappa shape index (κ1) is 21.4. The highest BCUT2D eigenvalue weighted by Crippen LogP contribution is 2.24. The summed E-state index contributed by atoms with van der Waals surface area (Å²) >= 11 is 0. The standard InChI is InChI=1S/C17H25N3.C2H2O4/c1-5-6-9-20(4)12-16-11-18-19-17(16)15-8-7-13(2)14(3)10-15;3-1(4)2(5)6/h7-8,10-11H,5-6,9,12H2,1-4H3,(H,18,19);(H,3,4)(H,5,6). The minimum Gasteiger partial charge on any atom is -0.473 e. The number of H-pyrrole nitrogens is 1. The van der Waals surface area contributed by atoms with Crippen LogP contribution in [0.2, 0.25) is 0 Å². The van der Waals surface area contributed by atoms with Crippen molar-refractivity contribution in [1.29, 1.82) is 0 Å². The summed E-state index contributed by atoms with van der Waals surface area (Å²) in [5, 5.41) is 22.2. The Labute approximate surface area is 153 Å². The van der Waals surface area contributed by atoms with Crippen molar-refractivity contribution >= 4 is 11.9 Å². The molecule has 142 valence electrons. The fourth-order valence-corrected chi connectivity index (χ4v) is 2.38. The molecule has 7 nitrogen and oxygen atoms in total. The van der Waals surface area contributed by atoms with Crippen molar-refractivity contribution in [3.05, 3.63) is 41.1 Å². The van der Waals surface area contributed by atoms with E-state index in [2.05, 4.69) is 61.1 Å². The van der Waals surface area contributed by atoms with Crippen LogP contribution in [0.3, 0.4) is 0 Å². The van der Waals surface area contributed by atoms with E-state index < -0.39 is 11.9 Å². The normalized spacial score (nSPS) is 10.3. The molecule has 0 aliphatic carbocycles. The number of rotatable bonds is 6. The topological polar surface area (TPSA) is 107 Å². The molecule has 0 atom stereocenters. The molecular weight excluding hydrogens is 334 g/mol. The van der Waals surface area contributed by atoms with E-state index >= 15 is 0 Å². The second kappa shape index (κ2) is 10.4. The van der Waals surface area contributed by atoms with E-state index in [1.54, 1.807) is 0 Å². The molecule has 3 N–H and O–H groups in total. The number of hydrogen-bond acceptors (Lipinski definition) is 4. The van der Waals surface area contributed by atoms with Gasteiger partial charge in [0, 0.05) is 17.7 Å². The van der Waals surface area contributed by atoms with Crippen LogP contribution in [0.15, 0.2) is 24.4 Å². The van der Waals surface area contributed by atoms with Crippen LogP contribution in [0.25, 0.3) is 11.3 Å². The summed E-state index contributed by atoms with van der Waals surface area (Å²) in [7, 11) is 2.17. The summed E-state index contributed by atoms with van der Waals surface area (Å²) in [5.41, 5.74) is 6.30. The van der Waals surface area contributed by atoms with E-state index in [4.69, 9.17) is 19.8 Å². The third-order valence-electron chi connectivity index (χ3n) is 4.03. The Kier molecular flexibility index (Phi) is 8.51. The quantitative estimate of drug-likeness (QED) is 0.683. The van der Waals surface area contributed by atoms with Gasteiger partial charge >= 0.3 is 11.9 Å². The van der Waals surface area contributed by atoms with Crippen LogP contribution in [0.1, 0.15) is 36.5 Å². The van der Waals surface area contributed by atoms with Crippen molar-refractivity contribution in [2.24, 2.45) is 0 Å². The zero-order chi connectivity index (χ0) is 19.7. The summed E-state index contributed by atoms with van der Waals surface area (Å²) in [5.74, 6) is -3.65. The Morgan fingerprint density at radius 3 is 2.35 bits per heavy atom. The maximum Gasteiger partial charge on any atom is 0.414 e. The third-order valence-corrected chi connectivity index (χ3v) is 4.03. The average molecular weight is 361 g/mol. The number of nitrogens with zero attached hydrogens (tertiary/aromatic N) is 2. The summed E-state index contributed by atoms with van der Waals surface area (Å²) in [6.07, 6.45) is 4.43. The van der Waals surface area contributed by atoms with Gasteiger partial charge in [-0.3, -0.25) is 5.10 Å². The molecule has 0 spiro atoms. The van der Waals surface area contributed by atoms with Crippen LogP contribution in [0.5, 0.6) is 0 Å². The molecule has 1 aromatic carbocycles. The molecule has 0 unspecified atom stereocenters. The first-order chi connectivity index (χ1) is 12.3. The molecule has 0 fully saturated rings. The van der Waals surface area contributed by atoms with Crippen molar-refractivity contribution in [3.8, 4) is 11.3 Å². The Bertz CT molecular complexity index is 728. The van der Waals surface area contributed by atoms with Crippen LogP contribution in [0.4, 0.5) is 0 Å². The van der Waals surface area contributed by atoms with Crippen molar-refractivity contribution in [3.63, 3.8) is 0 Å². The molecule has 1 aromatic heterocycles. The highest BCUT2D eigenvalue weighted by molar-refractivity contribution is 6.27. The van der Waals surface area contributed by atoms with E-state index in [-0.39, 0.29) is 0 Å². The Morgan fingerprint density at radius 2 is 1.81 bits per heavy atom. The number of carboxylic acid groups (broad SMARTS) is 2. The number of carbonyl (C=O) groups is 2. The lowest BCUT2D eigenvalue weighted by molar-refractivity contribution is -0.159. The molecule has 1 heterocycles. The molecule has 0 saturated carbocycles. The molecule has 0 radical (unpaired) electrons. The first-order valence-electron chi connectivity index (χ1n) is 8.50. The average Bonchev–Trinajstić information content (AvgIpc) is 3.04. The van der Waals surface area contributed by atoms with Crippen molar-refractivity contribution < 1.29 is 19.8 Å². The predicted molar refractivity (Wildman–Crippen MR) is 100 cm³/mol. The summed E-state index contributed by atoms with van der Waals surface area (Å²) in [4.78, 5) is 20.6. The van der Waals surface area contributed by atoms with Crippen molar-refractivity contribution in [1.82, 2.24) is 15.1 Å². The van der Waals surface area contributed by atoms with Gasteiger partial charge in [0.1, 0.15) is 0 Å². The maximum atomic E-state index is 9.10. The zero-order valence-electron chi connectivity index (χ0n) is 15.7. The lowest BCUT2D eigenvalue weighted by atomic mass is 10.0. The maximum absolute atomic E-state index is 9.10. The van der Waals surface area contributed by atoms with Gasteiger partial charge in [-0.2, -0.15) is 5.10 Å². The number of aromatic amines is 1. The fraction of sp³-hybridized carbons (Fsp3) is 0.421. The molecule has 0 bridgehead atoms. The van der Waals surface area contributed by atoms with Gasteiger partial charge in [-0.25, -0.2) is 9.59 Å². The molecule has 0 aliphatic rings. The smallest absolute Gasteiger partial charge is 0.414 e. The van der Waals surface area contributed by atoms with Crippen LogP contribution < -0.4 is 0 Å². The molecule has 2 rings (SSSR count). The third kappa shape index (κ3) is 6.68. The summed E-state index contributed by atoms with van der Waals surface area (Å²) in [6, 6.07) is 6.58. The number of benzene rings is 1. The molecule has 2 aromatic rings. The molecular formula is C19H27N3O4. The number of hydrogen-bond donors (Lipinski definition) is 3. The highest BCUT2D eigenvalue weighted by Gasteiger charge is 2.10. The molecule has 0 saturated heterocycles. The monoisotopic (exact) mass is 361 g/mol. The van der Waals surface area contributed by atoms with Gasteiger partial charge in [0.15, 0.2) is 0 Å². The van der Waals surface area contributed by atoms with E-state index in [9.17, 15) is 0 Å². The summed E-state index contributed by atoms with van der Waals surface area (Å²) in [6.45, 7) is 8.60. The van der Waals surface area contributed by atoms with E-state index in [1.165, 1.54) is 35.1 Å². The lowest BCUT2D eigenvalue weighted by Crippen LogP contribution is -2.19. The van der Waals surface area contributed by atoms with Gasteiger partial charge in [-0.15, -0.1) is 0 Å².